The highest BCUT2D eigenvalue weighted by molar-refractivity contribution is 5.82. The Balaban J connectivity index is 1.90. The molecule has 1 fully saturated rings. The number of benzene rings is 1. The highest BCUT2D eigenvalue weighted by atomic mass is 16.5. The number of amidine groups is 1. The number of rotatable bonds is 4. The number of oxime groups is 1. The van der Waals surface area contributed by atoms with Gasteiger partial charge in [0.05, 0.1) is 6.10 Å². The maximum absolute atomic E-state index is 8.53. The molecule has 19 heavy (non-hydrogen) atoms. The Morgan fingerprint density at radius 3 is 2.37 bits per heavy atom. The van der Waals surface area contributed by atoms with Gasteiger partial charge in [-0.15, -0.1) is 0 Å². The number of hydrogen-bond acceptors (Lipinski definition) is 3. The second-order valence-corrected chi connectivity index (χ2v) is 5.14. The molecule has 0 aromatic heterocycles. The molecule has 0 unspecified atom stereocenters. The summed E-state index contributed by atoms with van der Waals surface area (Å²) in [5.74, 6) is 1.13. The highest BCUT2D eigenvalue weighted by Crippen LogP contribution is 2.23. The molecule has 0 radical (unpaired) electrons. The van der Waals surface area contributed by atoms with Gasteiger partial charge < -0.3 is 15.7 Å². The van der Waals surface area contributed by atoms with E-state index in [9.17, 15) is 0 Å². The quantitative estimate of drug-likeness (QED) is 0.288. The van der Waals surface area contributed by atoms with E-state index in [1.165, 1.54) is 25.7 Å². The minimum atomic E-state index is 0.220. The molecule has 0 heterocycles. The van der Waals surface area contributed by atoms with Gasteiger partial charge in [0.25, 0.3) is 0 Å². The van der Waals surface area contributed by atoms with Crippen LogP contribution in [-0.2, 0) is 6.42 Å². The van der Waals surface area contributed by atoms with Crippen LogP contribution in [0.1, 0.15) is 44.1 Å². The Labute approximate surface area is 114 Å². The molecule has 4 nitrogen and oxygen atoms in total. The average molecular weight is 262 g/mol. The van der Waals surface area contributed by atoms with Crippen LogP contribution in [0.15, 0.2) is 29.4 Å². The molecule has 2 rings (SSSR count). The number of nitrogens with two attached hydrogens (primary N) is 1. The Kier molecular flexibility index (Phi) is 5.07. The van der Waals surface area contributed by atoms with Crippen molar-refractivity contribution in [2.24, 2.45) is 10.9 Å². The fourth-order valence-electron chi connectivity index (χ4n) is 2.48. The minimum absolute atomic E-state index is 0.220. The van der Waals surface area contributed by atoms with Crippen LogP contribution in [0.3, 0.4) is 0 Å². The molecule has 0 atom stereocenters. The minimum Gasteiger partial charge on any atom is -0.490 e. The summed E-state index contributed by atoms with van der Waals surface area (Å²) < 4.78 is 6.01. The Morgan fingerprint density at radius 2 is 1.79 bits per heavy atom. The van der Waals surface area contributed by atoms with Crippen molar-refractivity contribution in [3.05, 3.63) is 29.8 Å². The molecule has 1 saturated carbocycles. The zero-order valence-corrected chi connectivity index (χ0v) is 11.2. The number of nitrogens with zero attached hydrogens (tertiary/aromatic N) is 1. The van der Waals surface area contributed by atoms with E-state index in [1.54, 1.807) is 0 Å². The third-order valence-electron chi connectivity index (χ3n) is 3.54. The van der Waals surface area contributed by atoms with Gasteiger partial charge in [-0.1, -0.05) is 30.1 Å². The molecule has 1 aliphatic carbocycles. The predicted molar refractivity (Wildman–Crippen MR) is 75.7 cm³/mol. The van der Waals surface area contributed by atoms with Gasteiger partial charge in [-0.2, -0.15) is 0 Å². The number of ether oxygens (including phenoxy) is 1. The third kappa shape index (κ3) is 4.47. The summed E-state index contributed by atoms with van der Waals surface area (Å²) in [6.07, 6.45) is 8.34. The van der Waals surface area contributed by atoms with Gasteiger partial charge in [0.1, 0.15) is 11.6 Å². The smallest absolute Gasteiger partial charge is 0.143 e. The van der Waals surface area contributed by atoms with Crippen molar-refractivity contribution in [2.45, 2.75) is 51.0 Å². The lowest BCUT2D eigenvalue weighted by Gasteiger charge is -2.17. The highest BCUT2D eigenvalue weighted by Gasteiger charge is 2.13. The molecular formula is C15H22N2O2. The zero-order valence-electron chi connectivity index (χ0n) is 11.2. The monoisotopic (exact) mass is 262 g/mol. The average Bonchev–Trinajstić information content (AvgIpc) is 2.69. The van der Waals surface area contributed by atoms with E-state index in [0.717, 1.165) is 24.2 Å². The lowest BCUT2D eigenvalue weighted by atomic mass is 10.1. The third-order valence-corrected chi connectivity index (χ3v) is 3.54. The summed E-state index contributed by atoms with van der Waals surface area (Å²) in [7, 11) is 0. The van der Waals surface area contributed by atoms with Gasteiger partial charge in [0.2, 0.25) is 0 Å². The van der Waals surface area contributed by atoms with E-state index in [4.69, 9.17) is 15.7 Å². The standard InChI is InChI=1S/C15H22N2O2/c16-15(17-18)11-12-7-9-14(10-8-12)19-13-5-3-1-2-4-6-13/h7-10,13,18H,1-6,11H2,(H2,16,17). The van der Waals surface area contributed by atoms with Crippen LogP contribution >= 0.6 is 0 Å². The fraction of sp³-hybridized carbons (Fsp3) is 0.533. The SMILES string of the molecule is N/C(Cc1ccc(OC2CCCCCC2)cc1)=N/O. The topological polar surface area (TPSA) is 67.8 Å². The Morgan fingerprint density at radius 1 is 1.16 bits per heavy atom. The molecule has 4 heteroatoms. The van der Waals surface area contributed by atoms with Crippen molar-refractivity contribution in [1.82, 2.24) is 0 Å². The van der Waals surface area contributed by atoms with Gasteiger partial charge in [-0.05, 0) is 43.4 Å². The second-order valence-electron chi connectivity index (χ2n) is 5.14. The van der Waals surface area contributed by atoms with Crippen LogP contribution in [0.2, 0.25) is 0 Å². The summed E-state index contributed by atoms with van der Waals surface area (Å²) in [6.45, 7) is 0. The van der Waals surface area contributed by atoms with Gasteiger partial charge >= 0.3 is 0 Å². The van der Waals surface area contributed by atoms with Crippen molar-refractivity contribution in [2.75, 3.05) is 0 Å². The van der Waals surface area contributed by atoms with Crippen molar-refractivity contribution >= 4 is 5.84 Å². The van der Waals surface area contributed by atoms with Crippen LogP contribution in [-0.4, -0.2) is 17.1 Å². The summed E-state index contributed by atoms with van der Waals surface area (Å²) in [6, 6.07) is 7.85. The van der Waals surface area contributed by atoms with Gasteiger partial charge in [-0.3, -0.25) is 0 Å². The normalized spacial score (nSPS) is 18.0. The summed E-state index contributed by atoms with van der Waals surface area (Å²) in [5.41, 5.74) is 6.50. The molecule has 0 saturated heterocycles. The van der Waals surface area contributed by atoms with Crippen LogP contribution < -0.4 is 10.5 Å². The van der Waals surface area contributed by atoms with Crippen molar-refractivity contribution in [1.29, 1.82) is 0 Å². The van der Waals surface area contributed by atoms with E-state index in [1.807, 2.05) is 24.3 Å². The Bertz CT molecular complexity index is 407. The van der Waals surface area contributed by atoms with Crippen molar-refractivity contribution in [3.8, 4) is 5.75 Å². The summed E-state index contributed by atoms with van der Waals surface area (Å²) >= 11 is 0. The lowest BCUT2D eigenvalue weighted by Crippen LogP contribution is -2.16. The summed E-state index contributed by atoms with van der Waals surface area (Å²) in [5, 5.41) is 11.5. The van der Waals surface area contributed by atoms with Crippen LogP contribution in [0, 0.1) is 0 Å². The first-order chi connectivity index (χ1) is 9.28. The molecule has 1 aromatic rings. The molecule has 1 aromatic carbocycles. The molecule has 0 bridgehead atoms. The molecule has 3 N–H and O–H groups in total. The van der Waals surface area contributed by atoms with Gasteiger partial charge in [0.15, 0.2) is 0 Å². The predicted octanol–water partition coefficient (Wildman–Crippen LogP) is 3.08. The lowest BCUT2D eigenvalue weighted by molar-refractivity contribution is 0.183. The van der Waals surface area contributed by atoms with E-state index in [2.05, 4.69) is 5.16 Å². The molecule has 0 spiro atoms. The first-order valence-corrected chi connectivity index (χ1v) is 7.00. The maximum atomic E-state index is 8.53. The Hall–Kier alpha value is -1.71. The van der Waals surface area contributed by atoms with Crippen LogP contribution in [0.25, 0.3) is 0 Å². The largest absolute Gasteiger partial charge is 0.490 e. The fourth-order valence-corrected chi connectivity index (χ4v) is 2.48. The van der Waals surface area contributed by atoms with Gasteiger partial charge in [0, 0.05) is 6.42 Å². The first-order valence-electron chi connectivity index (χ1n) is 7.00. The first kappa shape index (κ1) is 13.7. The second kappa shape index (κ2) is 7.02. The molecule has 104 valence electrons. The van der Waals surface area contributed by atoms with E-state index in [-0.39, 0.29) is 5.84 Å². The molecular weight excluding hydrogens is 240 g/mol. The van der Waals surface area contributed by atoms with E-state index < -0.39 is 0 Å². The molecule has 0 amide bonds. The van der Waals surface area contributed by atoms with E-state index in [0.29, 0.717) is 12.5 Å². The van der Waals surface area contributed by atoms with Gasteiger partial charge in [-0.25, -0.2) is 0 Å². The maximum Gasteiger partial charge on any atom is 0.143 e. The zero-order chi connectivity index (χ0) is 13.5. The molecule has 0 aliphatic heterocycles. The van der Waals surface area contributed by atoms with Crippen LogP contribution in [0.4, 0.5) is 0 Å². The van der Waals surface area contributed by atoms with Crippen LogP contribution in [0.5, 0.6) is 5.75 Å². The van der Waals surface area contributed by atoms with E-state index >= 15 is 0 Å². The van der Waals surface area contributed by atoms with Crippen molar-refractivity contribution in [3.63, 3.8) is 0 Å². The number of hydrogen-bond donors (Lipinski definition) is 2. The molecule has 1 aliphatic rings. The summed E-state index contributed by atoms with van der Waals surface area (Å²) in [4.78, 5) is 0. The van der Waals surface area contributed by atoms with Crippen molar-refractivity contribution < 1.29 is 9.94 Å².